The Kier molecular flexibility index (Phi) is 5.20. The highest BCUT2D eigenvalue weighted by Crippen LogP contribution is 2.31. The first-order valence-corrected chi connectivity index (χ1v) is 8.41. The molecule has 1 N–H and O–H groups in total. The van der Waals surface area contributed by atoms with E-state index < -0.39 is 0 Å². The number of nitrogens with one attached hydrogen (secondary N) is 1. The van der Waals surface area contributed by atoms with E-state index in [1.54, 1.807) is 32.3 Å². The van der Waals surface area contributed by atoms with E-state index in [4.69, 9.17) is 9.47 Å². The second kappa shape index (κ2) is 7.36. The maximum absolute atomic E-state index is 12.0. The zero-order chi connectivity index (χ0) is 17.1. The van der Waals surface area contributed by atoms with Gasteiger partial charge in [-0.3, -0.25) is 4.90 Å². The van der Waals surface area contributed by atoms with Crippen LogP contribution in [0.1, 0.15) is 18.4 Å². The van der Waals surface area contributed by atoms with E-state index in [1.165, 1.54) is 0 Å². The quantitative estimate of drug-likeness (QED) is 0.893. The minimum absolute atomic E-state index is 0.00728. The molecule has 2 saturated heterocycles. The monoisotopic (exact) mass is 334 g/mol. The fourth-order valence-electron chi connectivity index (χ4n) is 3.60. The molecule has 3 heterocycles. The van der Waals surface area contributed by atoms with E-state index in [-0.39, 0.29) is 18.2 Å². The Balaban J connectivity index is 1.74. The van der Waals surface area contributed by atoms with Gasteiger partial charge in [-0.1, -0.05) is 6.07 Å². The lowest BCUT2D eigenvalue weighted by atomic mass is 10.0. The van der Waals surface area contributed by atoms with E-state index in [0.717, 1.165) is 38.1 Å². The van der Waals surface area contributed by atoms with E-state index >= 15 is 0 Å². The number of likely N-dealkylation sites (tertiary alicyclic amines) is 1. The van der Waals surface area contributed by atoms with Crippen LogP contribution in [0.25, 0.3) is 0 Å². The van der Waals surface area contributed by atoms with Gasteiger partial charge in [0.15, 0.2) is 0 Å². The molecule has 1 aromatic rings. The zero-order valence-corrected chi connectivity index (χ0v) is 14.6. The van der Waals surface area contributed by atoms with Crippen molar-refractivity contribution in [2.45, 2.75) is 37.6 Å². The molecular weight excluding hydrogens is 308 g/mol. The van der Waals surface area contributed by atoms with Gasteiger partial charge in [-0.2, -0.15) is 0 Å². The largest absolute Gasteiger partial charge is 0.481 e. The van der Waals surface area contributed by atoms with Gasteiger partial charge in [0.1, 0.15) is 0 Å². The molecule has 0 aliphatic carbocycles. The standard InChI is InChI=1S/C17H26N4O3/c1-20(2)17(22)19-13-11-21(14-7-5-9-24-15(13)14)10-12-6-4-8-18-16(12)23-3/h4,6,8,13-15H,5,7,9-11H2,1-3H3,(H,19,22)/t13-,14-,15-/m0/s1. The molecule has 2 aliphatic heterocycles. The summed E-state index contributed by atoms with van der Waals surface area (Å²) in [5.74, 6) is 0.659. The Morgan fingerprint density at radius 3 is 3.12 bits per heavy atom. The van der Waals surface area contributed by atoms with Gasteiger partial charge >= 0.3 is 6.03 Å². The Hall–Kier alpha value is -1.86. The average Bonchev–Trinajstić information content (AvgIpc) is 2.93. The number of pyridine rings is 1. The Bertz CT molecular complexity index is 581. The summed E-state index contributed by atoms with van der Waals surface area (Å²) < 4.78 is 11.4. The van der Waals surface area contributed by atoms with Crippen LogP contribution in [0.5, 0.6) is 5.88 Å². The molecule has 3 rings (SSSR count). The fraction of sp³-hybridized carbons (Fsp3) is 0.647. The highest BCUT2D eigenvalue weighted by Gasteiger charge is 2.44. The van der Waals surface area contributed by atoms with Crippen LogP contribution in [0.3, 0.4) is 0 Å². The molecule has 3 atom stereocenters. The molecule has 7 heteroatoms. The van der Waals surface area contributed by atoms with Gasteiger partial charge < -0.3 is 19.7 Å². The van der Waals surface area contributed by atoms with Gasteiger partial charge in [-0.15, -0.1) is 0 Å². The Labute approximate surface area is 142 Å². The van der Waals surface area contributed by atoms with Crippen molar-refractivity contribution in [1.82, 2.24) is 20.1 Å². The van der Waals surface area contributed by atoms with Gasteiger partial charge in [0, 0.05) is 51.6 Å². The third-order valence-corrected chi connectivity index (χ3v) is 4.76. The van der Waals surface area contributed by atoms with Gasteiger partial charge in [0.25, 0.3) is 0 Å². The third-order valence-electron chi connectivity index (χ3n) is 4.76. The van der Waals surface area contributed by atoms with Crippen LogP contribution in [0.4, 0.5) is 4.79 Å². The number of fused-ring (bicyclic) bond motifs is 1. The van der Waals surface area contributed by atoms with Crippen LogP contribution in [-0.2, 0) is 11.3 Å². The number of aromatic nitrogens is 1. The van der Waals surface area contributed by atoms with E-state index in [9.17, 15) is 4.79 Å². The molecule has 0 radical (unpaired) electrons. The first-order chi connectivity index (χ1) is 11.6. The van der Waals surface area contributed by atoms with Crippen LogP contribution in [0.15, 0.2) is 18.3 Å². The molecule has 24 heavy (non-hydrogen) atoms. The smallest absolute Gasteiger partial charge is 0.317 e. The van der Waals surface area contributed by atoms with Crippen LogP contribution in [-0.4, -0.2) is 73.4 Å². The minimum Gasteiger partial charge on any atom is -0.481 e. The molecule has 2 aliphatic rings. The summed E-state index contributed by atoms with van der Waals surface area (Å²) in [6, 6.07) is 4.21. The molecule has 0 saturated carbocycles. The molecule has 0 aromatic carbocycles. The van der Waals surface area contributed by atoms with Gasteiger partial charge in [0.05, 0.1) is 19.3 Å². The number of ether oxygens (including phenoxy) is 2. The summed E-state index contributed by atoms with van der Waals surface area (Å²) >= 11 is 0. The predicted molar refractivity (Wildman–Crippen MR) is 90.0 cm³/mol. The number of amides is 2. The van der Waals surface area contributed by atoms with Crippen molar-refractivity contribution in [2.75, 3.05) is 34.4 Å². The maximum Gasteiger partial charge on any atom is 0.317 e. The number of hydrogen-bond acceptors (Lipinski definition) is 5. The fourth-order valence-corrected chi connectivity index (χ4v) is 3.60. The summed E-state index contributed by atoms with van der Waals surface area (Å²) in [6.07, 6.45) is 3.92. The molecule has 2 amide bonds. The van der Waals surface area contributed by atoms with E-state index in [1.807, 2.05) is 12.1 Å². The highest BCUT2D eigenvalue weighted by atomic mass is 16.5. The first-order valence-electron chi connectivity index (χ1n) is 8.41. The van der Waals surface area contributed by atoms with Gasteiger partial charge in [0.2, 0.25) is 5.88 Å². The maximum atomic E-state index is 12.0. The van der Waals surface area contributed by atoms with Crippen LogP contribution in [0, 0.1) is 0 Å². The summed E-state index contributed by atoms with van der Waals surface area (Å²) in [5, 5.41) is 3.10. The summed E-state index contributed by atoms with van der Waals surface area (Å²) in [6.45, 7) is 2.28. The summed E-state index contributed by atoms with van der Waals surface area (Å²) in [7, 11) is 5.14. The third kappa shape index (κ3) is 3.47. The normalized spacial score (nSPS) is 26.7. The predicted octanol–water partition coefficient (Wildman–Crippen LogP) is 1.09. The molecule has 0 bridgehead atoms. The number of hydrogen-bond donors (Lipinski definition) is 1. The molecule has 0 unspecified atom stereocenters. The van der Waals surface area contributed by atoms with Crippen molar-refractivity contribution in [2.24, 2.45) is 0 Å². The SMILES string of the molecule is COc1ncccc1CN1C[C@H](NC(=O)N(C)C)[C@@H]2OCCC[C@@H]21. The highest BCUT2D eigenvalue weighted by molar-refractivity contribution is 5.74. The van der Waals surface area contributed by atoms with Crippen LogP contribution in [0.2, 0.25) is 0 Å². The number of urea groups is 1. The number of methoxy groups -OCH3 is 1. The van der Waals surface area contributed by atoms with Crippen molar-refractivity contribution >= 4 is 6.03 Å². The lowest BCUT2D eigenvalue weighted by Gasteiger charge is -2.32. The molecule has 7 nitrogen and oxygen atoms in total. The van der Waals surface area contributed by atoms with Crippen LogP contribution >= 0.6 is 0 Å². The second-order valence-electron chi connectivity index (χ2n) is 6.60. The van der Waals surface area contributed by atoms with Gasteiger partial charge in [-0.05, 0) is 18.9 Å². The second-order valence-corrected chi connectivity index (χ2v) is 6.60. The van der Waals surface area contributed by atoms with Crippen molar-refractivity contribution in [3.8, 4) is 5.88 Å². The van der Waals surface area contributed by atoms with Crippen molar-refractivity contribution in [3.05, 3.63) is 23.9 Å². The molecule has 132 valence electrons. The van der Waals surface area contributed by atoms with Crippen molar-refractivity contribution < 1.29 is 14.3 Å². The summed E-state index contributed by atoms with van der Waals surface area (Å²) in [5.41, 5.74) is 1.06. The lowest BCUT2D eigenvalue weighted by molar-refractivity contribution is -0.0208. The van der Waals surface area contributed by atoms with E-state index in [2.05, 4.69) is 15.2 Å². The topological polar surface area (TPSA) is 66.9 Å². The van der Waals surface area contributed by atoms with Crippen LogP contribution < -0.4 is 10.1 Å². The van der Waals surface area contributed by atoms with Gasteiger partial charge in [-0.25, -0.2) is 9.78 Å². The molecule has 1 aromatic heterocycles. The lowest BCUT2D eigenvalue weighted by Crippen LogP contribution is -2.50. The Morgan fingerprint density at radius 2 is 2.38 bits per heavy atom. The number of nitrogens with zero attached hydrogens (tertiary/aromatic N) is 3. The average molecular weight is 334 g/mol. The Morgan fingerprint density at radius 1 is 1.54 bits per heavy atom. The number of carbonyl (C=O) groups is 1. The number of carbonyl (C=O) groups excluding carboxylic acids is 1. The van der Waals surface area contributed by atoms with Crippen molar-refractivity contribution in [3.63, 3.8) is 0 Å². The number of rotatable bonds is 4. The minimum atomic E-state index is -0.0752. The van der Waals surface area contributed by atoms with Crippen molar-refractivity contribution in [1.29, 1.82) is 0 Å². The first kappa shape index (κ1) is 17.0. The summed E-state index contributed by atoms with van der Waals surface area (Å²) in [4.78, 5) is 20.3. The molecular formula is C17H26N4O3. The molecule has 2 fully saturated rings. The zero-order valence-electron chi connectivity index (χ0n) is 14.6. The molecule has 0 spiro atoms. The van der Waals surface area contributed by atoms with E-state index in [0.29, 0.717) is 11.9 Å².